The lowest BCUT2D eigenvalue weighted by atomic mass is 10.0. The Hall–Kier alpha value is -1.66. The van der Waals surface area contributed by atoms with Gasteiger partial charge in [0.25, 0.3) is 5.91 Å². The Bertz CT molecular complexity index is 470. The first-order valence-corrected chi connectivity index (χ1v) is 6.82. The maximum Gasteiger partial charge on any atom is 0.252 e. The molecule has 0 spiro atoms. The van der Waals surface area contributed by atoms with E-state index in [9.17, 15) is 4.79 Å². The molecule has 1 aromatic rings. The van der Waals surface area contributed by atoms with Crippen molar-refractivity contribution in [3.05, 3.63) is 23.9 Å². The molecule has 6 heteroatoms. The highest BCUT2D eigenvalue weighted by Gasteiger charge is 2.28. The third-order valence-corrected chi connectivity index (χ3v) is 3.63. The number of rotatable bonds is 5. The number of ether oxygens (including phenoxy) is 1. The quantitative estimate of drug-likeness (QED) is 0.829. The van der Waals surface area contributed by atoms with Crippen LogP contribution in [0.1, 0.15) is 24.2 Å². The highest BCUT2D eigenvalue weighted by Crippen LogP contribution is 2.18. The molecular formula is C14H22N4O2. The van der Waals surface area contributed by atoms with Crippen LogP contribution in [0.15, 0.2) is 18.3 Å². The number of amides is 1. The van der Waals surface area contributed by atoms with Crippen LogP contribution in [-0.4, -0.2) is 54.2 Å². The largest absolute Gasteiger partial charge is 0.379 e. The molecule has 110 valence electrons. The first-order valence-electron chi connectivity index (χ1n) is 6.82. The fraction of sp³-hybridized carbons (Fsp3) is 0.571. The number of carbonyl (C=O) groups is 1. The van der Waals surface area contributed by atoms with Crippen LogP contribution < -0.4 is 11.1 Å². The van der Waals surface area contributed by atoms with E-state index < -0.39 is 5.91 Å². The van der Waals surface area contributed by atoms with Gasteiger partial charge in [-0.3, -0.25) is 9.69 Å². The molecule has 0 aliphatic carbocycles. The van der Waals surface area contributed by atoms with Gasteiger partial charge in [0.1, 0.15) is 5.82 Å². The SMILES string of the molecule is CC(C)(CNc1ncccc1C(N)=O)N1CCOCC1. The van der Waals surface area contributed by atoms with Gasteiger partial charge in [-0.2, -0.15) is 0 Å². The fourth-order valence-corrected chi connectivity index (χ4v) is 2.33. The monoisotopic (exact) mass is 278 g/mol. The molecule has 0 radical (unpaired) electrons. The van der Waals surface area contributed by atoms with Crippen molar-refractivity contribution in [2.24, 2.45) is 5.73 Å². The van der Waals surface area contributed by atoms with E-state index >= 15 is 0 Å². The normalized spacial score (nSPS) is 16.9. The Labute approximate surface area is 119 Å². The van der Waals surface area contributed by atoms with Gasteiger partial charge in [0.15, 0.2) is 0 Å². The minimum atomic E-state index is -0.468. The molecule has 1 amide bonds. The molecule has 3 N–H and O–H groups in total. The minimum absolute atomic E-state index is 0.0454. The molecule has 0 atom stereocenters. The van der Waals surface area contributed by atoms with Crippen molar-refractivity contribution in [2.45, 2.75) is 19.4 Å². The highest BCUT2D eigenvalue weighted by molar-refractivity contribution is 5.97. The number of pyridine rings is 1. The first kappa shape index (κ1) is 14.7. The zero-order valence-corrected chi connectivity index (χ0v) is 12.1. The van der Waals surface area contributed by atoms with Gasteiger partial charge in [-0.25, -0.2) is 4.98 Å². The summed E-state index contributed by atoms with van der Waals surface area (Å²) in [6.45, 7) is 8.37. The number of morpholine rings is 1. The number of primary amides is 1. The number of carbonyl (C=O) groups excluding carboxylic acids is 1. The van der Waals surface area contributed by atoms with Crippen molar-refractivity contribution in [3.8, 4) is 0 Å². The van der Waals surface area contributed by atoms with Gasteiger partial charge in [-0.1, -0.05) is 0 Å². The van der Waals surface area contributed by atoms with Crippen molar-refractivity contribution in [1.29, 1.82) is 0 Å². The van der Waals surface area contributed by atoms with E-state index in [4.69, 9.17) is 10.5 Å². The number of nitrogens with one attached hydrogen (secondary N) is 1. The molecule has 1 fully saturated rings. The summed E-state index contributed by atoms with van der Waals surface area (Å²) in [5, 5.41) is 3.24. The molecular weight excluding hydrogens is 256 g/mol. The van der Waals surface area contributed by atoms with Crippen LogP contribution >= 0.6 is 0 Å². The van der Waals surface area contributed by atoms with Crippen LogP contribution in [-0.2, 0) is 4.74 Å². The van der Waals surface area contributed by atoms with E-state index in [1.165, 1.54) is 0 Å². The number of nitrogens with zero attached hydrogens (tertiary/aromatic N) is 2. The average Bonchev–Trinajstić information content (AvgIpc) is 2.46. The highest BCUT2D eigenvalue weighted by atomic mass is 16.5. The fourth-order valence-electron chi connectivity index (χ4n) is 2.33. The summed E-state index contributed by atoms with van der Waals surface area (Å²) < 4.78 is 5.37. The molecule has 1 aliphatic heterocycles. The standard InChI is InChI=1S/C14H22N4O2/c1-14(2,18-6-8-20-9-7-18)10-17-13-11(12(15)19)4-3-5-16-13/h3-5H,6-10H2,1-2H3,(H2,15,19)(H,16,17). The Morgan fingerprint density at radius 2 is 2.20 bits per heavy atom. The number of aromatic nitrogens is 1. The van der Waals surface area contributed by atoms with Gasteiger partial charge >= 0.3 is 0 Å². The van der Waals surface area contributed by atoms with E-state index in [1.54, 1.807) is 18.3 Å². The average molecular weight is 278 g/mol. The molecule has 6 nitrogen and oxygen atoms in total. The van der Waals surface area contributed by atoms with Gasteiger partial charge in [-0.15, -0.1) is 0 Å². The van der Waals surface area contributed by atoms with Crippen molar-refractivity contribution < 1.29 is 9.53 Å². The lowest BCUT2D eigenvalue weighted by Crippen LogP contribution is -2.53. The molecule has 1 aromatic heterocycles. The molecule has 0 bridgehead atoms. The van der Waals surface area contributed by atoms with Crippen LogP contribution in [0.5, 0.6) is 0 Å². The Balaban J connectivity index is 2.02. The second-order valence-electron chi connectivity index (χ2n) is 5.53. The number of hydrogen-bond acceptors (Lipinski definition) is 5. The summed E-state index contributed by atoms with van der Waals surface area (Å²) in [7, 11) is 0. The Kier molecular flexibility index (Phi) is 4.57. The summed E-state index contributed by atoms with van der Waals surface area (Å²) in [5.74, 6) is 0.0751. The summed E-state index contributed by atoms with van der Waals surface area (Å²) in [5.41, 5.74) is 5.73. The molecule has 0 saturated carbocycles. The zero-order chi connectivity index (χ0) is 14.6. The number of anilines is 1. The Morgan fingerprint density at radius 3 is 2.85 bits per heavy atom. The van der Waals surface area contributed by atoms with Gasteiger partial charge in [0, 0.05) is 31.4 Å². The van der Waals surface area contributed by atoms with Gasteiger partial charge in [0.2, 0.25) is 0 Å². The van der Waals surface area contributed by atoms with Crippen LogP contribution in [0.4, 0.5) is 5.82 Å². The van der Waals surface area contributed by atoms with Crippen molar-refractivity contribution >= 4 is 11.7 Å². The predicted octanol–water partition coefficient (Wildman–Crippen LogP) is 0.703. The molecule has 0 aromatic carbocycles. The van der Waals surface area contributed by atoms with E-state index in [2.05, 4.69) is 29.0 Å². The van der Waals surface area contributed by atoms with E-state index in [-0.39, 0.29) is 5.54 Å². The van der Waals surface area contributed by atoms with Gasteiger partial charge < -0.3 is 15.8 Å². The van der Waals surface area contributed by atoms with Crippen molar-refractivity contribution in [2.75, 3.05) is 38.2 Å². The smallest absolute Gasteiger partial charge is 0.252 e. The molecule has 20 heavy (non-hydrogen) atoms. The van der Waals surface area contributed by atoms with Crippen LogP contribution in [0, 0.1) is 0 Å². The Morgan fingerprint density at radius 1 is 1.50 bits per heavy atom. The number of nitrogens with two attached hydrogens (primary N) is 1. The molecule has 1 aliphatic rings. The van der Waals surface area contributed by atoms with Crippen LogP contribution in [0.2, 0.25) is 0 Å². The van der Waals surface area contributed by atoms with E-state index in [0.29, 0.717) is 17.9 Å². The van der Waals surface area contributed by atoms with E-state index in [0.717, 1.165) is 26.3 Å². The molecule has 2 heterocycles. The molecule has 1 saturated heterocycles. The predicted molar refractivity (Wildman–Crippen MR) is 77.7 cm³/mol. The minimum Gasteiger partial charge on any atom is -0.379 e. The van der Waals surface area contributed by atoms with Gasteiger partial charge in [0.05, 0.1) is 18.8 Å². The lowest BCUT2D eigenvalue weighted by molar-refractivity contribution is -0.00570. The molecule has 2 rings (SSSR count). The maximum absolute atomic E-state index is 11.4. The summed E-state index contributed by atoms with van der Waals surface area (Å²) >= 11 is 0. The molecule has 0 unspecified atom stereocenters. The zero-order valence-electron chi connectivity index (χ0n) is 12.1. The summed E-state index contributed by atoms with van der Waals surface area (Å²) in [6, 6.07) is 3.39. The maximum atomic E-state index is 11.4. The van der Waals surface area contributed by atoms with Crippen LogP contribution in [0.3, 0.4) is 0 Å². The summed E-state index contributed by atoms with van der Waals surface area (Å²) in [6.07, 6.45) is 1.65. The summed E-state index contributed by atoms with van der Waals surface area (Å²) in [4.78, 5) is 17.9. The second kappa shape index (κ2) is 6.19. The van der Waals surface area contributed by atoms with Crippen molar-refractivity contribution in [1.82, 2.24) is 9.88 Å². The third kappa shape index (κ3) is 3.46. The van der Waals surface area contributed by atoms with Crippen molar-refractivity contribution in [3.63, 3.8) is 0 Å². The second-order valence-corrected chi connectivity index (χ2v) is 5.53. The first-order chi connectivity index (χ1) is 9.50. The van der Waals surface area contributed by atoms with Gasteiger partial charge in [-0.05, 0) is 26.0 Å². The van der Waals surface area contributed by atoms with E-state index in [1.807, 2.05) is 0 Å². The topological polar surface area (TPSA) is 80.5 Å². The third-order valence-electron chi connectivity index (χ3n) is 3.63. The lowest BCUT2D eigenvalue weighted by Gasteiger charge is -2.41. The number of hydrogen-bond donors (Lipinski definition) is 2. The van der Waals surface area contributed by atoms with Crippen LogP contribution in [0.25, 0.3) is 0 Å².